The number of sulfonamides is 1. The molecule has 0 aliphatic heterocycles. The van der Waals surface area contributed by atoms with Crippen molar-refractivity contribution in [2.24, 2.45) is 0 Å². The van der Waals surface area contributed by atoms with Crippen LogP contribution in [0, 0.1) is 6.92 Å². The Kier molecular flexibility index (Phi) is 3.99. The molecule has 2 rings (SSSR count). The summed E-state index contributed by atoms with van der Waals surface area (Å²) in [7, 11) is -3.88. The van der Waals surface area contributed by atoms with Crippen LogP contribution >= 0.6 is 0 Å². The number of rotatable bonds is 5. The second-order valence-electron chi connectivity index (χ2n) is 4.44. The minimum absolute atomic E-state index is 0.0102. The van der Waals surface area contributed by atoms with Gasteiger partial charge in [-0.3, -0.25) is 9.40 Å². The summed E-state index contributed by atoms with van der Waals surface area (Å²) in [6.07, 6.45) is 2.62. The zero-order valence-corrected chi connectivity index (χ0v) is 12.4. The normalized spacial score (nSPS) is 11.3. The van der Waals surface area contributed by atoms with Crippen LogP contribution < -0.4 is 4.72 Å². The Bertz CT molecular complexity index is 780. The van der Waals surface area contributed by atoms with Gasteiger partial charge in [-0.2, -0.15) is 5.10 Å². The number of aromatic nitrogens is 2. The van der Waals surface area contributed by atoms with Crippen molar-refractivity contribution in [2.45, 2.75) is 25.3 Å². The van der Waals surface area contributed by atoms with Gasteiger partial charge in [-0.1, -0.05) is 12.1 Å². The maximum atomic E-state index is 12.3. The van der Waals surface area contributed by atoms with E-state index in [0.29, 0.717) is 12.1 Å². The number of anilines is 1. The van der Waals surface area contributed by atoms with Gasteiger partial charge in [0, 0.05) is 12.7 Å². The monoisotopic (exact) mass is 309 g/mol. The number of carboxylic acid groups (broad SMARTS) is 1. The lowest BCUT2D eigenvalue weighted by Gasteiger charge is -2.12. The van der Waals surface area contributed by atoms with Gasteiger partial charge in [-0.25, -0.2) is 13.2 Å². The summed E-state index contributed by atoms with van der Waals surface area (Å²) in [6, 6.07) is 4.55. The van der Waals surface area contributed by atoms with E-state index in [1.807, 2.05) is 6.92 Å². The van der Waals surface area contributed by atoms with Gasteiger partial charge < -0.3 is 5.11 Å². The molecule has 1 aromatic carbocycles. The third kappa shape index (κ3) is 3.05. The molecule has 8 heteroatoms. The topological polar surface area (TPSA) is 101 Å². The predicted molar refractivity (Wildman–Crippen MR) is 76.8 cm³/mol. The number of nitrogens with zero attached hydrogens (tertiary/aromatic N) is 2. The quantitative estimate of drug-likeness (QED) is 0.875. The Morgan fingerprint density at radius 2 is 2.14 bits per heavy atom. The van der Waals surface area contributed by atoms with Crippen LogP contribution in [0.2, 0.25) is 0 Å². The highest BCUT2D eigenvalue weighted by atomic mass is 32.2. The SMILES string of the molecule is CCn1cc(S(=O)(=O)Nc2c(C)cccc2C(=O)O)cn1. The third-order valence-corrected chi connectivity index (χ3v) is 4.29. The molecule has 0 spiro atoms. The van der Waals surface area contributed by atoms with Crippen LogP contribution in [-0.4, -0.2) is 29.3 Å². The highest BCUT2D eigenvalue weighted by molar-refractivity contribution is 7.92. The van der Waals surface area contributed by atoms with Crippen LogP contribution in [-0.2, 0) is 16.6 Å². The summed E-state index contributed by atoms with van der Waals surface area (Å²) in [5.41, 5.74) is 0.497. The van der Waals surface area contributed by atoms with Gasteiger partial charge in [0.25, 0.3) is 10.0 Å². The number of para-hydroxylation sites is 1. The number of aryl methyl sites for hydroxylation is 2. The van der Waals surface area contributed by atoms with E-state index in [2.05, 4.69) is 9.82 Å². The van der Waals surface area contributed by atoms with E-state index in [4.69, 9.17) is 5.11 Å². The molecule has 0 aliphatic carbocycles. The lowest BCUT2D eigenvalue weighted by Crippen LogP contribution is -2.16. The standard InChI is InChI=1S/C13H15N3O4S/c1-3-16-8-10(7-14-16)21(19,20)15-12-9(2)5-4-6-11(12)13(17)18/h4-8,15H,3H2,1-2H3,(H,17,18). The van der Waals surface area contributed by atoms with Crippen LogP contribution in [0.1, 0.15) is 22.8 Å². The van der Waals surface area contributed by atoms with Gasteiger partial charge in [0.2, 0.25) is 0 Å². The van der Waals surface area contributed by atoms with E-state index in [9.17, 15) is 13.2 Å². The minimum Gasteiger partial charge on any atom is -0.478 e. The van der Waals surface area contributed by atoms with Gasteiger partial charge in [0.05, 0.1) is 17.4 Å². The largest absolute Gasteiger partial charge is 0.478 e. The predicted octanol–water partition coefficient (Wildman–Crippen LogP) is 1.71. The minimum atomic E-state index is -3.88. The number of carbonyl (C=O) groups is 1. The molecule has 1 heterocycles. The van der Waals surface area contributed by atoms with Crippen LogP contribution in [0.4, 0.5) is 5.69 Å². The number of hydrogen-bond acceptors (Lipinski definition) is 4. The van der Waals surface area contributed by atoms with Gasteiger partial charge >= 0.3 is 5.97 Å². The van der Waals surface area contributed by atoms with E-state index < -0.39 is 16.0 Å². The second kappa shape index (κ2) is 5.57. The Hall–Kier alpha value is -2.35. The summed E-state index contributed by atoms with van der Waals surface area (Å²) < 4.78 is 28.4. The van der Waals surface area contributed by atoms with E-state index in [1.165, 1.54) is 23.1 Å². The van der Waals surface area contributed by atoms with Crippen molar-refractivity contribution in [3.8, 4) is 0 Å². The second-order valence-corrected chi connectivity index (χ2v) is 6.12. The summed E-state index contributed by atoms with van der Waals surface area (Å²) in [6.45, 7) is 4.01. The number of aromatic carboxylic acids is 1. The summed E-state index contributed by atoms with van der Waals surface area (Å²) in [5, 5.41) is 13.1. The lowest BCUT2D eigenvalue weighted by atomic mass is 10.1. The van der Waals surface area contributed by atoms with Gasteiger partial charge in [-0.05, 0) is 25.5 Å². The molecule has 0 atom stereocenters. The van der Waals surface area contributed by atoms with Crippen molar-refractivity contribution in [1.82, 2.24) is 9.78 Å². The molecule has 0 amide bonds. The molecule has 112 valence electrons. The molecule has 0 fully saturated rings. The molecule has 2 aromatic rings. The smallest absolute Gasteiger partial charge is 0.337 e. The summed E-state index contributed by atoms with van der Waals surface area (Å²) in [4.78, 5) is 11.2. The highest BCUT2D eigenvalue weighted by Gasteiger charge is 2.21. The average molecular weight is 309 g/mol. The molecular weight excluding hydrogens is 294 g/mol. The summed E-state index contributed by atoms with van der Waals surface area (Å²) >= 11 is 0. The maximum Gasteiger partial charge on any atom is 0.337 e. The zero-order chi connectivity index (χ0) is 15.6. The Morgan fingerprint density at radius 1 is 1.43 bits per heavy atom. The third-order valence-electron chi connectivity index (χ3n) is 2.98. The molecule has 0 saturated heterocycles. The zero-order valence-electron chi connectivity index (χ0n) is 11.6. The number of hydrogen-bond donors (Lipinski definition) is 2. The van der Waals surface area contributed by atoms with Crippen LogP contribution in [0.3, 0.4) is 0 Å². The number of nitrogens with one attached hydrogen (secondary N) is 1. The number of benzene rings is 1. The Labute approximate surface area is 122 Å². The fourth-order valence-corrected chi connectivity index (χ4v) is 2.93. The maximum absolute atomic E-state index is 12.3. The van der Waals surface area contributed by atoms with Crippen molar-refractivity contribution in [3.63, 3.8) is 0 Å². The molecule has 21 heavy (non-hydrogen) atoms. The fraction of sp³-hybridized carbons (Fsp3) is 0.231. The lowest BCUT2D eigenvalue weighted by molar-refractivity contribution is 0.0698. The average Bonchev–Trinajstić information content (AvgIpc) is 2.90. The molecule has 2 N–H and O–H groups in total. The molecule has 1 aromatic heterocycles. The molecule has 7 nitrogen and oxygen atoms in total. The Balaban J connectivity index is 2.44. The van der Waals surface area contributed by atoms with E-state index in [0.717, 1.165) is 0 Å². The molecular formula is C13H15N3O4S. The van der Waals surface area contributed by atoms with Crippen molar-refractivity contribution in [2.75, 3.05) is 4.72 Å². The summed E-state index contributed by atoms with van der Waals surface area (Å²) in [5.74, 6) is -1.19. The van der Waals surface area contributed by atoms with Crippen LogP contribution in [0.25, 0.3) is 0 Å². The van der Waals surface area contributed by atoms with Crippen LogP contribution in [0.5, 0.6) is 0 Å². The number of carboxylic acids is 1. The highest BCUT2D eigenvalue weighted by Crippen LogP contribution is 2.24. The van der Waals surface area contributed by atoms with Crippen molar-refractivity contribution >= 4 is 21.7 Å². The van der Waals surface area contributed by atoms with E-state index >= 15 is 0 Å². The Morgan fingerprint density at radius 3 is 2.71 bits per heavy atom. The van der Waals surface area contributed by atoms with E-state index in [1.54, 1.807) is 19.1 Å². The van der Waals surface area contributed by atoms with E-state index in [-0.39, 0.29) is 16.1 Å². The first-order valence-corrected chi connectivity index (χ1v) is 7.71. The van der Waals surface area contributed by atoms with Crippen LogP contribution in [0.15, 0.2) is 35.5 Å². The molecule has 0 aliphatic rings. The molecule has 0 saturated carbocycles. The fourth-order valence-electron chi connectivity index (χ4n) is 1.83. The van der Waals surface area contributed by atoms with Crippen molar-refractivity contribution < 1.29 is 18.3 Å². The van der Waals surface area contributed by atoms with Gasteiger partial charge in [0.1, 0.15) is 4.90 Å². The van der Waals surface area contributed by atoms with Gasteiger partial charge in [-0.15, -0.1) is 0 Å². The van der Waals surface area contributed by atoms with Crippen molar-refractivity contribution in [1.29, 1.82) is 0 Å². The molecule has 0 radical (unpaired) electrons. The first-order valence-electron chi connectivity index (χ1n) is 6.23. The van der Waals surface area contributed by atoms with Gasteiger partial charge in [0.15, 0.2) is 0 Å². The van der Waals surface area contributed by atoms with Crippen molar-refractivity contribution in [3.05, 3.63) is 41.7 Å². The molecule has 0 bridgehead atoms. The molecule has 0 unspecified atom stereocenters. The first kappa shape index (κ1) is 15.0. The first-order chi connectivity index (χ1) is 9.85.